The fourth-order valence-corrected chi connectivity index (χ4v) is 1.69. The second-order valence-corrected chi connectivity index (χ2v) is 3.70. The van der Waals surface area contributed by atoms with Crippen molar-refractivity contribution in [2.45, 2.75) is 19.4 Å². The summed E-state index contributed by atoms with van der Waals surface area (Å²) in [4.78, 5) is 4.21. The van der Waals surface area contributed by atoms with E-state index >= 15 is 0 Å². The zero-order valence-electron chi connectivity index (χ0n) is 8.27. The molecule has 2 heteroatoms. The molecule has 0 amide bonds. The highest BCUT2D eigenvalue weighted by molar-refractivity contribution is 5.84. The number of fused-ring (bicyclic) bond motifs is 1. The molecule has 1 atom stereocenters. The minimum absolute atomic E-state index is 0.183. The van der Waals surface area contributed by atoms with Gasteiger partial charge in [0.2, 0.25) is 0 Å². The second kappa shape index (κ2) is 3.76. The van der Waals surface area contributed by atoms with Crippen LogP contribution in [-0.2, 0) is 6.42 Å². The zero-order valence-corrected chi connectivity index (χ0v) is 8.27. The molecule has 0 saturated carbocycles. The molecule has 0 radical (unpaired) electrons. The molecule has 1 aromatic heterocycles. The number of benzene rings is 1. The number of nitrogens with two attached hydrogens (primary N) is 1. The van der Waals surface area contributed by atoms with Gasteiger partial charge in [-0.3, -0.25) is 4.98 Å². The van der Waals surface area contributed by atoms with Gasteiger partial charge in [-0.25, -0.2) is 0 Å². The van der Waals surface area contributed by atoms with Crippen LogP contribution in [0.25, 0.3) is 10.8 Å². The molecule has 2 nitrogen and oxygen atoms in total. The Labute approximate surface area is 83.8 Å². The predicted octanol–water partition coefficient (Wildman–Crippen LogP) is 2.12. The Morgan fingerprint density at radius 2 is 2.07 bits per heavy atom. The van der Waals surface area contributed by atoms with Gasteiger partial charge in [-0.15, -0.1) is 0 Å². The predicted molar refractivity (Wildman–Crippen MR) is 59.1 cm³/mol. The third-order valence-electron chi connectivity index (χ3n) is 2.29. The minimum Gasteiger partial charge on any atom is -0.328 e. The first-order valence-electron chi connectivity index (χ1n) is 4.84. The lowest BCUT2D eigenvalue weighted by molar-refractivity contribution is 0.739. The third-order valence-corrected chi connectivity index (χ3v) is 2.29. The van der Waals surface area contributed by atoms with Crippen LogP contribution in [0.5, 0.6) is 0 Å². The van der Waals surface area contributed by atoms with Crippen molar-refractivity contribution in [2.75, 3.05) is 0 Å². The summed E-state index contributed by atoms with van der Waals surface area (Å²) in [6, 6.07) is 8.46. The van der Waals surface area contributed by atoms with Crippen molar-refractivity contribution in [3.8, 4) is 0 Å². The molecule has 0 saturated heterocycles. The van der Waals surface area contributed by atoms with Crippen LogP contribution in [0.4, 0.5) is 0 Å². The SMILES string of the molecule is C[C@H](N)Cc1cncc2ccccc12. The largest absolute Gasteiger partial charge is 0.328 e. The molecular formula is C12H14N2. The van der Waals surface area contributed by atoms with Gasteiger partial charge in [-0.05, 0) is 24.3 Å². The molecule has 0 spiro atoms. The summed E-state index contributed by atoms with van der Waals surface area (Å²) < 4.78 is 0. The average Bonchev–Trinajstić information content (AvgIpc) is 2.18. The van der Waals surface area contributed by atoms with Crippen molar-refractivity contribution < 1.29 is 0 Å². The van der Waals surface area contributed by atoms with Gasteiger partial charge in [0.15, 0.2) is 0 Å². The van der Waals surface area contributed by atoms with Crippen molar-refractivity contribution in [1.82, 2.24) is 4.98 Å². The van der Waals surface area contributed by atoms with Gasteiger partial charge in [0.05, 0.1) is 0 Å². The van der Waals surface area contributed by atoms with Gasteiger partial charge in [0, 0.05) is 23.8 Å². The summed E-state index contributed by atoms with van der Waals surface area (Å²) in [7, 11) is 0. The van der Waals surface area contributed by atoms with Crippen LogP contribution in [0.15, 0.2) is 36.7 Å². The van der Waals surface area contributed by atoms with Crippen molar-refractivity contribution >= 4 is 10.8 Å². The minimum atomic E-state index is 0.183. The Morgan fingerprint density at radius 3 is 2.86 bits per heavy atom. The van der Waals surface area contributed by atoms with Gasteiger partial charge in [-0.2, -0.15) is 0 Å². The van der Waals surface area contributed by atoms with Gasteiger partial charge in [0.25, 0.3) is 0 Å². The monoisotopic (exact) mass is 186 g/mol. The highest BCUT2D eigenvalue weighted by Gasteiger charge is 2.02. The van der Waals surface area contributed by atoms with Crippen LogP contribution < -0.4 is 5.73 Å². The molecule has 1 heterocycles. The van der Waals surface area contributed by atoms with Crippen LogP contribution in [-0.4, -0.2) is 11.0 Å². The number of pyridine rings is 1. The molecule has 0 aliphatic carbocycles. The topological polar surface area (TPSA) is 38.9 Å². The summed E-state index contributed by atoms with van der Waals surface area (Å²) >= 11 is 0. The molecule has 2 aromatic rings. The normalized spacial score (nSPS) is 13.0. The highest BCUT2D eigenvalue weighted by atomic mass is 14.6. The van der Waals surface area contributed by atoms with Gasteiger partial charge < -0.3 is 5.73 Å². The Hall–Kier alpha value is -1.41. The van der Waals surface area contributed by atoms with Crippen LogP contribution >= 0.6 is 0 Å². The highest BCUT2D eigenvalue weighted by Crippen LogP contribution is 2.17. The smallest absolute Gasteiger partial charge is 0.0346 e. The van der Waals surface area contributed by atoms with E-state index in [1.54, 1.807) is 0 Å². The van der Waals surface area contributed by atoms with E-state index in [9.17, 15) is 0 Å². The van der Waals surface area contributed by atoms with Crippen molar-refractivity contribution in [3.05, 3.63) is 42.2 Å². The lowest BCUT2D eigenvalue weighted by Crippen LogP contribution is -2.18. The first-order valence-corrected chi connectivity index (χ1v) is 4.84. The van der Waals surface area contributed by atoms with Gasteiger partial charge in [-0.1, -0.05) is 24.3 Å². The van der Waals surface area contributed by atoms with E-state index in [0.717, 1.165) is 6.42 Å². The van der Waals surface area contributed by atoms with E-state index in [0.29, 0.717) is 0 Å². The van der Waals surface area contributed by atoms with E-state index in [-0.39, 0.29) is 6.04 Å². The summed E-state index contributed by atoms with van der Waals surface area (Å²) in [5, 5.41) is 2.45. The van der Waals surface area contributed by atoms with Crippen LogP contribution in [0.1, 0.15) is 12.5 Å². The van der Waals surface area contributed by atoms with Crippen molar-refractivity contribution in [3.63, 3.8) is 0 Å². The Balaban J connectivity index is 2.53. The maximum atomic E-state index is 5.79. The molecule has 0 fully saturated rings. The molecule has 0 unspecified atom stereocenters. The first kappa shape index (κ1) is 9.16. The second-order valence-electron chi connectivity index (χ2n) is 3.70. The van der Waals surface area contributed by atoms with E-state index in [1.165, 1.54) is 16.3 Å². The summed E-state index contributed by atoms with van der Waals surface area (Å²) in [6.45, 7) is 2.02. The number of nitrogens with zero attached hydrogens (tertiary/aromatic N) is 1. The lowest BCUT2D eigenvalue weighted by Gasteiger charge is -2.07. The molecule has 0 aliphatic rings. The third kappa shape index (κ3) is 1.75. The summed E-state index contributed by atoms with van der Waals surface area (Å²) in [5.41, 5.74) is 7.02. The molecule has 72 valence electrons. The van der Waals surface area contributed by atoms with E-state index in [4.69, 9.17) is 5.73 Å². The average molecular weight is 186 g/mol. The standard InChI is InChI=1S/C12H14N2/c1-9(13)6-11-8-14-7-10-4-2-3-5-12(10)11/h2-5,7-9H,6,13H2,1H3/t9-/m0/s1. The number of rotatable bonds is 2. The summed E-state index contributed by atoms with van der Waals surface area (Å²) in [5.74, 6) is 0. The van der Waals surface area contributed by atoms with Crippen LogP contribution in [0, 0.1) is 0 Å². The molecule has 1 aromatic carbocycles. The van der Waals surface area contributed by atoms with E-state index < -0.39 is 0 Å². The molecular weight excluding hydrogens is 172 g/mol. The number of hydrogen-bond acceptors (Lipinski definition) is 2. The van der Waals surface area contributed by atoms with E-state index in [2.05, 4.69) is 17.1 Å². The van der Waals surface area contributed by atoms with Gasteiger partial charge >= 0.3 is 0 Å². The maximum Gasteiger partial charge on any atom is 0.0346 e. The lowest BCUT2D eigenvalue weighted by atomic mass is 10.0. The zero-order chi connectivity index (χ0) is 9.97. The summed E-state index contributed by atoms with van der Waals surface area (Å²) in [6.07, 6.45) is 4.68. The molecule has 0 bridgehead atoms. The van der Waals surface area contributed by atoms with Gasteiger partial charge in [0.1, 0.15) is 0 Å². The fourth-order valence-electron chi connectivity index (χ4n) is 1.69. The van der Waals surface area contributed by atoms with Crippen LogP contribution in [0.3, 0.4) is 0 Å². The molecule has 2 N–H and O–H groups in total. The van der Waals surface area contributed by atoms with Crippen molar-refractivity contribution in [1.29, 1.82) is 0 Å². The molecule has 2 rings (SSSR count). The maximum absolute atomic E-state index is 5.79. The number of hydrogen-bond donors (Lipinski definition) is 1. The number of aromatic nitrogens is 1. The molecule has 14 heavy (non-hydrogen) atoms. The van der Waals surface area contributed by atoms with E-state index in [1.807, 2.05) is 31.5 Å². The Bertz CT molecular complexity index is 430. The van der Waals surface area contributed by atoms with Crippen molar-refractivity contribution in [2.24, 2.45) is 5.73 Å². The Morgan fingerprint density at radius 1 is 1.29 bits per heavy atom. The fraction of sp³-hybridized carbons (Fsp3) is 0.250. The molecule has 0 aliphatic heterocycles. The first-order chi connectivity index (χ1) is 6.77. The quantitative estimate of drug-likeness (QED) is 0.780. The van der Waals surface area contributed by atoms with Crippen LogP contribution in [0.2, 0.25) is 0 Å². The Kier molecular flexibility index (Phi) is 2.46.